The average Bonchev–Trinajstić information content (AvgIpc) is 2.28. The fraction of sp³-hybridized carbons (Fsp3) is 0.636. The molecular weight excluding hydrogens is 222 g/mol. The average molecular weight is 241 g/mol. The van der Waals surface area contributed by atoms with E-state index < -0.39 is 0 Å². The van der Waals surface area contributed by atoms with Gasteiger partial charge in [0, 0.05) is 13.1 Å². The molecule has 1 aromatic rings. The van der Waals surface area contributed by atoms with E-state index in [0.29, 0.717) is 5.88 Å². The van der Waals surface area contributed by atoms with Crippen LogP contribution < -0.4 is 10.1 Å². The molecule has 0 bridgehead atoms. The molecule has 0 amide bonds. The van der Waals surface area contributed by atoms with Crippen LogP contribution in [0.25, 0.3) is 0 Å². The first-order chi connectivity index (χ1) is 7.69. The Morgan fingerprint density at radius 3 is 2.81 bits per heavy atom. The molecule has 0 fully saturated rings. The Balaban J connectivity index is 2.78. The summed E-state index contributed by atoms with van der Waals surface area (Å²) in [6.45, 7) is 4.20. The summed E-state index contributed by atoms with van der Waals surface area (Å²) in [5.41, 5.74) is 0. The number of hydrogen-bond acceptors (Lipinski definition) is 5. The first-order valence-corrected chi connectivity index (χ1v) is 6.69. The maximum absolute atomic E-state index is 5.74. The Morgan fingerprint density at radius 2 is 2.25 bits per heavy atom. The van der Waals surface area contributed by atoms with Crippen LogP contribution in [-0.4, -0.2) is 29.4 Å². The van der Waals surface area contributed by atoms with Crippen molar-refractivity contribution in [2.24, 2.45) is 0 Å². The summed E-state index contributed by atoms with van der Waals surface area (Å²) >= 11 is 1.51. The van der Waals surface area contributed by atoms with Crippen molar-refractivity contribution >= 4 is 17.6 Å². The standard InChI is InChI=1S/C11H19N3OS/c1-5-6-8(2)15-10-7-9(12-3)13-11(14-10)16-4/h7-8H,5-6H2,1-4H3,(H,12,13,14). The molecule has 0 radical (unpaired) electrons. The van der Waals surface area contributed by atoms with E-state index in [9.17, 15) is 0 Å². The highest BCUT2D eigenvalue weighted by Crippen LogP contribution is 2.20. The normalized spacial score (nSPS) is 12.2. The predicted octanol–water partition coefficient (Wildman–Crippen LogP) is 2.81. The molecule has 0 spiro atoms. The lowest BCUT2D eigenvalue weighted by Crippen LogP contribution is -2.12. The Labute approximate surface area is 101 Å². The zero-order valence-electron chi connectivity index (χ0n) is 10.3. The number of nitrogens with one attached hydrogen (secondary N) is 1. The van der Waals surface area contributed by atoms with Crippen molar-refractivity contribution in [1.29, 1.82) is 0 Å². The Morgan fingerprint density at radius 1 is 1.50 bits per heavy atom. The topological polar surface area (TPSA) is 47.0 Å². The van der Waals surface area contributed by atoms with E-state index in [1.807, 2.05) is 19.4 Å². The van der Waals surface area contributed by atoms with Crippen LogP contribution in [0.5, 0.6) is 5.88 Å². The highest BCUT2D eigenvalue weighted by Gasteiger charge is 2.07. The molecule has 0 saturated heterocycles. The highest BCUT2D eigenvalue weighted by molar-refractivity contribution is 7.98. The maximum atomic E-state index is 5.74. The molecule has 1 N–H and O–H groups in total. The van der Waals surface area contributed by atoms with Crippen LogP contribution >= 0.6 is 11.8 Å². The third kappa shape index (κ3) is 3.89. The second kappa shape index (κ2) is 6.58. The molecule has 1 aromatic heterocycles. The second-order valence-corrected chi connectivity index (χ2v) is 4.32. The maximum Gasteiger partial charge on any atom is 0.219 e. The quantitative estimate of drug-likeness (QED) is 0.613. The summed E-state index contributed by atoms with van der Waals surface area (Å²) in [6, 6.07) is 1.83. The molecule has 1 atom stereocenters. The third-order valence-electron chi connectivity index (χ3n) is 2.14. The summed E-state index contributed by atoms with van der Waals surface area (Å²) in [6.07, 6.45) is 4.29. The van der Waals surface area contributed by atoms with E-state index in [-0.39, 0.29) is 6.10 Å². The summed E-state index contributed by atoms with van der Waals surface area (Å²) < 4.78 is 5.74. The molecule has 0 aliphatic rings. The van der Waals surface area contributed by atoms with Crippen molar-refractivity contribution in [2.75, 3.05) is 18.6 Å². The van der Waals surface area contributed by atoms with Crippen LogP contribution in [0.3, 0.4) is 0 Å². The lowest BCUT2D eigenvalue weighted by molar-refractivity contribution is 0.200. The van der Waals surface area contributed by atoms with Crippen molar-refractivity contribution in [3.63, 3.8) is 0 Å². The van der Waals surface area contributed by atoms with E-state index in [0.717, 1.165) is 23.8 Å². The summed E-state index contributed by atoms with van der Waals surface area (Å²) in [5.74, 6) is 1.43. The monoisotopic (exact) mass is 241 g/mol. The molecular formula is C11H19N3OS. The first kappa shape index (κ1) is 13.1. The van der Waals surface area contributed by atoms with Crippen molar-refractivity contribution in [3.8, 4) is 5.88 Å². The lowest BCUT2D eigenvalue weighted by Gasteiger charge is -2.13. The van der Waals surface area contributed by atoms with Crippen molar-refractivity contribution in [3.05, 3.63) is 6.07 Å². The SMILES string of the molecule is CCCC(C)Oc1cc(NC)nc(SC)n1. The van der Waals surface area contributed by atoms with Gasteiger partial charge in [0.25, 0.3) is 0 Å². The van der Waals surface area contributed by atoms with Gasteiger partial charge in [-0.05, 0) is 19.6 Å². The van der Waals surface area contributed by atoms with Gasteiger partial charge in [0.05, 0.1) is 6.10 Å². The Bertz CT molecular complexity index is 311. The van der Waals surface area contributed by atoms with Gasteiger partial charge in [0.15, 0.2) is 5.16 Å². The minimum Gasteiger partial charge on any atom is -0.474 e. The van der Waals surface area contributed by atoms with Gasteiger partial charge in [0.1, 0.15) is 5.82 Å². The van der Waals surface area contributed by atoms with Crippen LogP contribution in [0.4, 0.5) is 5.82 Å². The molecule has 5 heteroatoms. The summed E-state index contributed by atoms with van der Waals surface area (Å²) in [5, 5.41) is 3.73. The van der Waals surface area contributed by atoms with E-state index in [1.165, 1.54) is 11.8 Å². The third-order valence-corrected chi connectivity index (χ3v) is 2.69. The van der Waals surface area contributed by atoms with Gasteiger partial charge in [-0.1, -0.05) is 25.1 Å². The Kier molecular flexibility index (Phi) is 5.38. The number of nitrogens with zero attached hydrogens (tertiary/aromatic N) is 2. The molecule has 16 heavy (non-hydrogen) atoms. The van der Waals surface area contributed by atoms with Gasteiger partial charge in [0.2, 0.25) is 5.88 Å². The van der Waals surface area contributed by atoms with Crippen LogP contribution in [0.15, 0.2) is 11.2 Å². The molecule has 0 aliphatic heterocycles. The van der Waals surface area contributed by atoms with Crippen LogP contribution in [0.1, 0.15) is 26.7 Å². The molecule has 0 aliphatic carbocycles. The number of aromatic nitrogens is 2. The van der Waals surface area contributed by atoms with E-state index >= 15 is 0 Å². The predicted molar refractivity (Wildman–Crippen MR) is 68.4 cm³/mol. The van der Waals surface area contributed by atoms with Gasteiger partial charge >= 0.3 is 0 Å². The molecule has 0 aromatic carbocycles. The van der Waals surface area contributed by atoms with Crippen molar-refractivity contribution < 1.29 is 4.74 Å². The molecule has 4 nitrogen and oxygen atoms in total. The number of anilines is 1. The van der Waals surface area contributed by atoms with Gasteiger partial charge in [-0.15, -0.1) is 0 Å². The van der Waals surface area contributed by atoms with Crippen LogP contribution in [0, 0.1) is 0 Å². The van der Waals surface area contributed by atoms with Crippen LogP contribution in [0.2, 0.25) is 0 Å². The van der Waals surface area contributed by atoms with Gasteiger partial charge < -0.3 is 10.1 Å². The van der Waals surface area contributed by atoms with Gasteiger partial charge in [-0.3, -0.25) is 0 Å². The minimum absolute atomic E-state index is 0.194. The fourth-order valence-electron chi connectivity index (χ4n) is 1.36. The molecule has 1 rings (SSSR count). The molecule has 1 heterocycles. The lowest BCUT2D eigenvalue weighted by atomic mass is 10.2. The number of thioether (sulfide) groups is 1. The van der Waals surface area contributed by atoms with Crippen LogP contribution in [-0.2, 0) is 0 Å². The smallest absolute Gasteiger partial charge is 0.219 e. The first-order valence-electron chi connectivity index (χ1n) is 5.47. The van der Waals surface area contributed by atoms with E-state index in [2.05, 4.69) is 29.1 Å². The Hall–Kier alpha value is -0.970. The largest absolute Gasteiger partial charge is 0.474 e. The zero-order valence-corrected chi connectivity index (χ0v) is 11.1. The summed E-state index contributed by atoms with van der Waals surface area (Å²) in [7, 11) is 1.84. The second-order valence-electron chi connectivity index (χ2n) is 3.55. The molecule has 1 unspecified atom stereocenters. The number of hydrogen-bond donors (Lipinski definition) is 1. The number of rotatable bonds is 6. The highest BCUT2D eigenvalue weighted by atomic mass is 32.2. The fourth-order valence-corrected chi connectivity index (χ4v) is 1.73. The van der Waals surface area contributed by atoms with Gasteiger partial charge in [-0.2, -0.15) is 4.98 Å². The van der Waals surface area contributed by atoms with Crippen molar-refractivity contribution in [2.45, 2.75) is 37.9 Å². The molecule has 0 saturated carbocycles. The minimum atomic E-state index is 0.194. The number of ether oxygens (including phenoxy) is 1. The summed E-state index contributed by atoms with van der Waals surface area (Å²) in [4.78, 5) is 8.60. The zero-order chi connectivity index (χ0) is 12.0. The van der Waals surface area contributed by atoms with Gasteiger partial charge in [-0.25, -0.2) is 4.98 Å². The van der Waals surface area contributed by atoms with E-state index in [4.69, 9.17) is 4.74 Å². The van der Waals surface area contributed by atoms with E-state index in [1.54, 1.807) is 0 Å². The van der Waals surface area contributed by atoms with Crippen molar-refractivity contribution in [1.82, 2.24) is 9.97 Å². The molecule has 90 valence electrons.